The average Bonchev–Trinajstić information content (AvgIpc) is 2.97. The van der Waals surface area contributed by atoms with Gasteiger partial charge in [-0.3, -0.25) is 4.79 Å². The standard InChI is InChI=1S/C23H30O3/c1-14(26-15(2)24)21-9-10-22-20-7-5-16-13-17(25-4)6-8-18(16)19(20)11-12-23(21,22)3/h6,8,13,19-20,22H,5,7,9-12H2,1-4H3/t19-,20-,22+,23-/m1/s1. The summed E-state index contributed by atoms with van der Waals surface area (Å²) >= 11 is 0. The summed E-state index contributed by atoms with van der Waals surface area (Å²) in [5, 5.41) is 0. The molecule has 0 spiro atoms. The Bertz CT molecular complexity index is 763. The number of hydrogen-bond acceptors (Lipinski definition) is 3. The number of ether oxygens (including phenoxy) is 2. The van der Waals surface area contributed by atoms with Gasteiger partial charge in [0.25, 0.3) is 0 Å². The molecule has 0 aromatic heterocycles. The van der Waals surface area contributed by atoms with Gasteiger partial charge in [0.05, 0.1) is 7.11 Å². The van der Waals surface area contributed by atoms with Crippen LogP contribution in [-0.4, -0.2) is 13.1 Å². The van der Waals surface area contributed by atoms with E-state index in [-0.39, 0.29) is 11.4 Å². The number of esters is 1. The lowest BCUT2D eigenvalue weighted by atomic mass is 9.55. The van der Waals surface area contributed by atoms with E-state index < -0.39 is 0 Å². The zero-order chi connectivity index (χ0) is 18.5. The second kappa shape index (κ2) is 6.44. The van der Waals surface area contributed by atoms with E-state index in [9.17, 15) is 4.79 Å². The summed E-state index contributed by atoms with van der Waals surface area (Å²) in [4.78, 5) is 11.4. The van der Waals surface area contributed by atoms with Crippen molar-refractivity contribution in [1.29, 1.82) is 0 Å². The van der Waals surface area contributed by atoms with E-state index in [4.69, 9.17) is 9.47 Å². The molecule has 2 fully saturated rings. The topological polar surface area (TPSA) is 35.5 Å². The van der Waals surface area contributed by atoms with Crippen molar-refractivity contribution in [2.45, 2.75) is 65.2 Å². The van der Waals surface area contributed by atoms with Crippen molar-refractivity contribution in [2.75, 3.05) is 7.11 Å². The van der Waals surface area contributed by atoms with Crippen molar-refractivity contribution in [1.82, 2.24) is 0 Å². The summed E-state index contributed by atoms with van der Waals surface area (Å²) in [5.41, 5.74) is 4.64. The normalized spacial score (nSPS) is 34.4. The Kier molecular flexibility index (Phi) is 4.37. The number of fused-ring (bicyclic) bond motifs is 5. The number of rotatable bonds is 2. The maximum Gasteiger partial charge on any atom is 0.307 e. The smallest absolute Gasteiger partial charge is 0.307 e. The van der Waals surface area contributed by atoms with Crippen LogP contribution in [-0.2, 0) is 16.0 Å². The zero-order valence-corrected chi connectivity index (χ0v) is 16.4. The van der Waals surface area contributed by atoms with E-state index in [2.05, 4.69) is 25.1 Å². The van der Waals surface area contributed by atoms with E-state index in [0.717, 1.165) is 30.3 Å². The molecule has 2 saturated carbocycles. The first kappa shape index (κ1) is 17.6. The van der Waals surface area contributed by atoms with Gasteiger partial charge in [-0.25, -0.2) is 0 Å². The molecule has 3 aliphatic rings. The van der Waals surface area contributed by atoms with Gasteiger partial charge in [0.15, 0.2) is 0 Å². The third kappa shape index (κ3) is 2.67. The lowest BCUT2D eigenvalue weighted by Crippen LogP contribution is -2.40. The van der Waals surface area contributed by atoms with Crippen molar-refractivity contribution in [3.05, 3.63) is 40.7 Å². The van der Waals surface area contributed by atoms with Gasteiger partial charge >= 0.3 is 5.97 Å². The minimum Gasteiger partial charge on any atom is -0.497 e. The molecule has 4 rings (SSSR count). The number of aryl methyl sites for hydroxylation is 1. The Hall–Kier alpha value is -1.77. The third-order valence-corrected chi connectivity index (χ3v) is 7.44. The lowest BCUT2D eigenvalue weighted by molar-refractivity contribution is -0.137. The lowest BCUT2D eigenvalue weighted by Gasteiger charge is -2.49. The van der Waals surface area contributed by atoms with Gasteiger partial charge in [0.1, 0.15) is 11.5 Å². The van der Waals surface area contributed by atoms with Crippen LogP contribution in [0.1, 0.15) is 69.9 Å². The van der Waals surface area contributed by atoms with Gasteiger partial charge < -0.3 is 9.47 Å². The second-order valence-corrected chi connectivity index (χ2v) is 8.60. The minimum atomic E-state index is -0.198. The molecule has 26 heavy (non-hydrogen) atoms. The number of carbonyl (C=O) groups excluding carboxylic acids is 1. The van der Waals surface area contributed by atoms with Crippen LogP contribution in [0.15, 0.2) is 29.5 Å². The van der Waals surface area contributed by atoms with E-state index >= 15 is 0 Å². The molecule has 0 N–H and O–H groups in total. The first-order chi connectivity index (χ1) is 12.4. The van der Waals surface area contributed by atoms with Crippen LogP contribution in [0.3, 0.4) is 0 Å². The summed E-state index contributed by atoms with van der Waals surface area (Å²) in [6.45, 7) is 5.91. The van der Waals surface area contributed by atoms with Gasteiger partial charge in [-0.15, -0.1) is 0 Å². The molecule has 3 aliphatic carbocycles. The fourth-order valence-electron chi connectivity index (χ4n) is 6.35. The van der Waals surface area contributed by atoms with E-state index in [1.54, 1.807) is 12.7 Å². The first-order valence-corrected chi connectivity index (χ1v) is 9.99. The number of carbonyl (C=O) groups is 1. The summed E-state index contributed by atoms with van der Waals surface area (Å²) < 4.78 is 10.9. The summed E-state index contributed by atoms with van der Waals surface area (Å²) in [6, 6.07) is 6.67. The van der Waals surface area contributed by atoms with E-state index in [0.29, 0.717) is 11.8 Å². The van der Waals surface area contributed by atoms with Gasteiger partial charge in [-0.1, -0.05) is 13.0 Å². The summed E-state index contributed by atoms with van der Waals surface area (Å²) in [6.07, 6.45) is 7.16. The first-order valence-electron chi connectivity index (χ1n) is 9.99. The van der Waals surface area contributed by atoms with Crippen molar-refractivity contribution in [3.8, 4) is 5.75 Å². The zero-order valence-electron chi connectivity index (χ0n) is 16.4. The fraction of sp³-hybridized carbons (Fsp3) is 0.609. The van der Waals surface area contributed by atoms with Crippen LogP contribution < -0.4 is 4.74 Å². The molecule has 0 saturated heterocycles. The summed E-state index contributed by atoms with van der Waals surface area (Å²) in [7, 11) is 1.75. The number of benzene rings is 1. The van der Waals surface area contributed by atoms with Crippen LogP contribution in [0.2, 0.25) is 0 Å². The van der Waals surface area contributed by atoms with Gasteiger partial charge in [-0.2, -0.15) is 0 Å². The number of methoxy groups -OCH3 is 1. The molecule has 0 aliphatic heterocycles. The highest BCUT2D eigenvalue weighted by atomic mass is 16.5. The van der Waals surface area contributed by atoms with Gasteiger partial charge in [0, 0.05) is 6.92 Å². The molecule has 0 bridgehead atoms. The Balaban J connectivity index is 1.65. The van der Waals surface area contributed by atoms with Gasteiger partial charge in [0.2, 0.25) is 0 Å². The SMILES string of the molecule is COc1ccc2c(c1)CC[C@@H]1[C@@H]2CC[C@]2(C)C(=C(C)OC(C)=O)CC[C@@H]12. The largest absolute Gasteiger partial charge is 0.497 e. The van der Waals surface area contributed by atoms with E-state index in [1.807, 2.05) is 6.92 Å². The van der Waals surface area contributed by atoms with Crippen LogP contribution in [0, 0.1) is 17.3 Å². The van der Waals surface area contributed by atoms with Crippen molar-refractivity contribution < 1.29 is 14.3 Å². The molecule has 1 aromatic rings. The Morgan fingerprint density at radius 3 is 2.69 bits per heavy atom. The summed E-state index contributed by atoms with van der Waals surface area (Å²) in [5.74, 6) is 3.77. The predicted molar refractivity (Wildman–Crippen MR) is 102 cm³/mol. The number of hydrogen-bond donors (Lipinski definition) is 0. The molecule has 3 nitrogen and oxygen atoms in total. The molecule has 4 atom stereocenters. The monoisotopic (exact) mass is 354 g/mol. The van der Waals surface area contributed by atoms with E-state index in [1.165, 1.54) is 43.7 Å². The van der Waals surface area contributed by atoms with Crippen LogP contribution in [0.25, 0.3) is 0 Å². The Labute approximate surface area is 156 Å². The molecule has 0 radical (unpaired) electrons. The molecule has 1 aromatic carbocycles. The molecule has 3 heteroatoms. The maximum absolute atomic E-state index is 11.4. The molecule has 0 unspecified atom stereocenters. The quantitative estimate of drug-likeness (QED) is 0.528. The number of allylic oxidation sites excluding steroid dienone is 2. The van der Waals surface area contributed by atoms with Crippen LogP contribution in [0.4, 0.5) is 0 Å². The molecule has 0 heterocycles. The highest BCUT2D eigenvalue weighted by molar-refractivity contribution is 5.67. The van der Waals surface area contributed by atoms with Crippen molar-refractivity contribution in [3.63, 3.8) is 0 Å². The molecular formula is C23H30O3. The maximum atomic E-state index is 11.4. The van der Waals surface area contributed by atoms with Gasteiger partial charge in [-0.05, 0) is 97.5 Å². The molecule has 140 valence electrons. The average molecular weight is 354 g/mol. The van der Waals surface area contributed by atoms with Crippen molar-refractivity contribution >= 4 is 5.97 Å². The predicted octanol–water partition coefficient (Wildman–Crippen LogP) is 5.39. The molecular weight excluding hydrogens is 324 g/mol. The van der Waals surface area contributed by atoms with Crippen molar-refractivity contribution in [2.24, 2.45) is 17.3 Å². The van der Waals surface area contributed by atoms with Crippen LogP contribution >= 0.6 is 0 Å². The van der Waals surface area contributed by atoms with Crippen LogP contribution in [0.5, 0.6) is 5.75 Å². The minimum absolute atomic E-state index is 0.198. The highest BCUT2D eigenvalue weighted by Gasteiger charge is 2.53. The Morgan fingerprint density at radius 1 is 1.15 bits per heavy atom. The second-order valence-electron chi connectivity index (χ2n) is 8.60. The highest BCUT2D eigenvalue weighted by Crippen LogP contribution is 2.63. The molecule has 0 amide bonds. The third-order valence-electron chi connectivity index (χ3n) is 7.44. The Morgan fingerprint density at radius 2 is 1.96 bits per heavy atom. The fourth-order valence-corrected chi connectivity index (χ4v) is 6.35.